The maximum Gasteiger partial charge on any atom is 0.119 e. The SMILES string of the molecule is CCOCCOc1cccc(CO)c1. The predicted octanol–water partition coefficient (Wildman–Crippen LogP) is 1.59. The lowest BCUT2D eigenvalue weighted by Gasteiger charge is -2.06. The van der Waals surface area contributed by atoms with Crippen LogP contribution in [0, 0.1) is 0 Å². The van der Waals surface area contributed by atoms with Crippen molar-refractivity contribution in [3.63, 3.8) is 0 Å². The van der Waals surface area contributed by atoms with Crippen LogP contribution in [-0.4, -0.2) is 24.9 Å². The van der Waals surface area contributed by atoms with Gasteiger partial charge in [-0.15, -0.1) is 0 Å². The lowest BCUT2D eigenvalue weighted by molar-refractivity contribution is 0.110. The molecule has 1 aromatic carbocycles. The van der Waals surface area contributed by atoms with Crippen molar-refractivity contribution in [2.45, 2.75) is 13.5 Å². The van der Waals surface area contributed by atoms with E-state index >= 15 is 0 Å². The molecule has 0 saturated carbocycles. The molecule has 0 aliphatic heterocycles. The van der Waals surface area contributed by atoms with Gasteiger partial charge in [0.05, 0.1) is 13.2 Å². The van der Waals surface area contributed by atoms with Gasteiger partial charge < -0.3 is 14.6 Å². The second-order valence-corrected chi connectivity index (χ2v) is 2.85. The third kappa shape index (κ3) is 3.77. The van der Waals surface area contributed by atoms with Crippen LogP contribution >= 0.6 is 0 Å². The van der Waals surface area contributed by atoms with Gasteiger partial charge in [0.1, 0.15) is 12.4 Å². The molecule has 0 bridgehead atoms. The van der Waals surface area contributed by atoms with Gasteiger partial charge in [-0.05, 0) is 24.6 Å². The average Bonchev–Trinajstić information content (AvgIpc) is 2.25. The molecule has 0 aliphatic rings. The fourth-order valence-corrected chi connectivity index (χ4v) is 1.10. The number of hydrogen-bond donors (Lipinski definition) is 1. The minimum Gasteiger partial charge on any atom is -0.491 e. The Kier molecular flexibility index (Phi) is 5.04. The van der Waals surface area contributed by atoms with E-state index in [2.05, 4.69) is 0 Å². The largest absolute Gasteiger partial charge is 0.491 e. The van der Waals surface area contributed by atoms with E-state index in [-0.39, 0.29) is 6.61 Å². The zero-order chi connectivity index (χ0) is 10.2. The van der Waals surface area contributed by atoms with Crippen LogP contribution in [0.3, 0.4) is 0 Å². The highest BCUT2D eigenvalue weighted by Crippen LogP contribution is 2.12. The van der Waals surface area contributed by atoms with Crippen molar-refractivity contribution in [3.05, 3.63) is 29.8 Å². The zero-order valence-electron chi connectivity index (χ0n) is 8.40. The summed E-state index contributed by atoms with van der Waals surface area (Å²) >= 11 is 0. The first-order valence-corrected chi connectivity index (χ1v) is 4.77. The van der Waals surface area contributed by atoms with Gasteiger partial charge in [0.25, 0.3) is 0 Å². The smallest absolute Gasteiger partial charge is 0.119 e. The summed E-state index contributed by atoms with van der Waals surface area (Å²) in [5, 5.41) is 8.89. The Hall–Kier alpha value is -1.06. The van der Waals surface area contributed by atoms with Crippen LogP contribution in [0.5, 0.6) is 5.75 Å². The molecule has 3 nitrogen and oxygen atoms in total. The second kappa shape index (κ2) is 6.40. The van der Waals surface area contributed by atoms with Crippen LogP contribution < -0.4 is 4.74 Å². The van der Waals surface area contributed by atoms with Gasteiger partial charge in [-0.3, -0.25) is 0 Å². The number of aliphatic hydroxyl groups is 1. The molecule has 14 heavy (non-hydrogen) atoms. The number of aliphatic hydroxyl groups excluding tert-OH is 1. The summed E-state index contributed by atoms with van der Waals surface area (Å²) in [5.41, 5.74) is 0.860. The molecule has 1 N–H and O–H groups in total. The lowest BCUT2D eigenvalue weighted by atomic mass is 10.2. The normalized spacial score (nSPS) is 10.1. The fraction of sp³-hybridized carbons (Fsp3) is 0.455. The number of ether oxygens (including phenoxy) is 2. The molecular weight excluding hydrogens is 180 g/mol. The van der Waals surface area contributed by atoms with E-state index < -0.39 is 0 Å². The van der Waals surface area contributed by atoms with Gasteiger partial charge in [0, 0.05) is 6.61 Å². The van der Waals surface area contributed by atoms with Gasteiger partial charge >= 0.3 is 0 Å². The fourth-order valence-electron chi connectivity index (χ4n) is 1.10. The van der Waals surface area contributed by atoms with Crippen LogP contribution in [0.4, 0.5) is 0 Å². The molecule has 0 spiro atoms. The molecule has 0 fully saturated rings. The Morgan fingerprint density at radius 3 is 2.86 bits per heavy atom. The summed E-state index contributed by atoms with van der Waals surface area (Å²) in [6.45, 7) is 3.84. The molecule has 0 atom stereocenters. The van der Waals surface area contributed by atoms with E-state index in [1.165, 1.54) is 0 Å². The first-order chi connectivity index (χ1) is 6.86. The highest BCUT2D eigenvalue weighted by atomic mass is 16.5. The second-order valence-electron chi connectivity index (χ2n) is 2.85. The quantitative estimate of drug-likeness (QED) is 0.702. The summed E-state index contributed by atoms with van der Waals surface area (Å²) in [6, 6.07) is 7.41. The Morgan fingerprint density at radius 2 is 2.14 bits per heavy atom. The van der Waals surface area contributed by atoms with Gasteiger partial charge in [0.15, 0.2) is 0 Å². The molecule has 1 rings (SSSR count). The first-order valence-electron chi connectivity index (χ1n) is 4.77. The minimum atomic E-state index is 0.0443. The summed E-state index contributed by atoms with van der Waals surface area (Å²) < 4.78 is 10.6. The van der Waals surface area contributed by atoms with E-state index in [4.69, 9.17) is 14.6 Å². The molecule has 0 aliphatic carbocycles. The van der Waals surface area contributed by atoms with Crippen LogP contribution in [0.15, 0.2) is 24.3 Å². The number of rotatable bonds is 6. The van der Waals surface area contributed by atoms with Crippen LogP contribution in [-0.2, 0) is 11.3 Å². The van der Waals surface area contributed by atoms with E-state index in [9.17, 15) is 0 Å². The molecular formula is C11H16O3. The Bertz CT molecular complexity index is 260. The monoisotopic (exact) mass is 196 g/mol. The van der Waals surface area contributed by atoms with Crippen molar-refractivity contribution < 1.29 is 14.6 Å². The van der Waals surface area contributed by atoms with E-state index in [0.29, 0.717) is 19.8 Å². The van der Waals surface area contributed by atoms with Crippen molar-refractivity contribution >= 4 is 0 Å². The standard InChI is InChI=1S/C11H16O3/c1-2-13-6-7-14-11-5-3-4-10(8-11)9-12/h3-5,8,12H,2,6-7,9H2,1H3. The Balaban J connectivity index is 2.34. The topological polar surface area (TPSA) is 38.7 Å². The molecule has 0 aromatic heterocycles. The predicted molar refractivity (Wildman–Crippen MR) is 54.4 cm³/mol. The van der Waals surface area contributed by atoms with Gasteiger partial charge in [-0.25, -0.2) is 0 Å². The molecule has 0 amide bonds. The molecule has 0 radical (unpaired) electrons. The Labute approximate surface area is 84.3 Å². The third-order valence-corrected chi connectivity index (χ3v) is 1.78. The molecule has 1 aromatic rings. The maximum absolute atomic E-state index is 8.89. The maximum atomic E-state index is 8.89. The molecule has 0 heterocycles. The molecule has 0 unspecified atom stereocenters. The van der Waals surface area contributed by atoms with Gasteiger partial charge in [-0.1, -0.05) is 12.1 Å². The summed E-state index contributed by atoms with van der Waals surface area (Å²) in [7, 11) is 0. The number of benzene rings is 1. The van der Waals surface area contributed by atoms with Gasteiger partial charge in [0.2, 0.25) is 0 Å². The molecule has 0 saturated heterocycles. The highest BCUT2D eigenvalue weighted by molar-refractivity contribution is 5.27. The molecule has 3 heteroatoms. The Morgan fingerprint density at radius 1 is 1.29 bits per heavy atom. The summed E-state index contributed by atoms with van der Waals surface area (Å²) in [5.74, 6) is 0.774. The van der Waals surface area contributed by atoms with Gasteiger partial charge in [-0.2, -0.15) is 0 Å². The summed E-state index contributed by atoms with van der Waals surface area (Å²) in [6.07, 6.45) is 0. The van der Waals surface area contributed by atoms with Crippen molar-refractivity contribution in [2.24, 2.45) is 0 Å². The van der Waals surface area contributed by atoms with Crippen molar-refractivity contribution in [1.29, 1.82) is 0 Å². The van der Waals surface area contributed by atoms with Crippen LogP contribution in [0.2, 0.25) is 0 Å². The first kappa shape index (κ1) is 11.0. The minimum absolute atomic E-state index is 0.0443. The van der Waals surface area contributed by atoms with E-state index in [1.54, 1.807) is 0 Å². The van der Waals surface area contributed by atoms with Crippen molar-refractivity contribution in [3.8, 4) is 5.75 Å². The summed E-state index contributed by atoms with van der Waals surface area (Å²) in [4.78, 5) is 0. The van der Waals surface area contributed by atoms with Crippen molar-refractivity contribution in [2.75, 3.05) is 19.8 Å². The lowest BCUT2D eigenvalue weighted by Crippen LogP contribution is -2.06. The average molecular weight is 196 g/mol. The number of hydrogen-bond acceptors (Lipinski definition) is 3. The van der Waals surface area contributed by atoms with E-state index in [1.807, 2.05) is 31.2 Å². The van der Waals surface area contributed by atoms with E-state index in [0.717, 1.165) is 11.3 Å². The van der Waals surface area contributed by atoms with Crippen LogP contribution in [0.25, 0.3) is 0 Å². The third-order valence-electron chi connectivity index (χ3n) is 1.78. The van der Waals surface area contributed by atoms with Crippen LogP contribution in [0.1, 0.15) is 12.5 Å². The molecule has 78 valence electrons. The highest BCUT2D eigenvalue weighted by Gasteiger charge is 1.95. The zero-order valence-corrected chi connectivity index (χ0v) is 8.40. The van der Waals surface area contributed by atoms with Crippen molar-refractivity contribution in [1.82, 2.24) is 0 Å².